The van der Waals surface area contributed by atoms with Crippen molar-refractivity contribution in [1.29, 1.82) is 0 Å². The van der Waals surface area contributed by atoms with Crippen molar-refractivity contribution in [2.45, 2.75) is 20.3 Å². The Balaban J connectivity index is 2.04. The molecule has 1 amide bonds. The van der Waals surface area contributed by atoms with Crippen molar-refractivity contribution in [3.05, 3.63) is 27.4 Å². The number of carbonyl (C=O) groups excluding carboxylic acids is 1. The van der Waals surface area contributed by atoms with E-state index in [4.69, 9.17) is 0 Å². The number of nitrogens with zero attached hydrogens (tertiary/aromatic N) is 3. The first-order valence-corrected chi connectivity index (χ1v) is 8.82. The van der Waals surface area contributed by atoms with Gasteiger partial charge in [0.05, 0.1) is 18.4 Å². The molecular formula is C13H20N4O4S. The lowest BCUT2D eigenvalue weighted by Crippen LogP contribution is -2.50. The monoisotopic (exact) mass is 328 g/mol. The summed E-state index contributed by atoms with van der Waals surface area (Å²) in [6, 6.07) is 0. The Morgan fingerprint density at radius 2 is 1.82 bits per heavy atom. The van der Waals surface area contributed by atoms with Gasteiger partial charge in [0.15, 0.2) is 0 Å². The summed E-state index contributed by atoms with van der Waals surface area (Å²) in [7, 11) is -3.21. The van der Waals surface area contributed by atoms with E-state index in [0.717, 1.165) is 6.26 Å². The van der Waals surface area contributed by atoms with E-state index < -0.39 is 10.0 Å². The van der Waals surface area contributed by atoms with Crippen molar-refractivity contribution in [2.75, 3.05) is 32.4 Å². The van der Waals surface area contributed by atoms with Gasteiger partial charge >= 0.3 is 0 Å². The van der Waals surface area contributed by atoms with Crippen LogP contribution in [0.5, 0.6) is 0 Å². The van der Waals surface area contributed by atoms with Crippen LogP contribution in [0.4, 0.5) is 0 Å². The Hall–Kier alpha value is -1.74. The molecule has 1 fully saturated rings. The Kier molecular flexibility index (Phi) is 4.66. The summed E-state index contributed by atoms with van der Waals surface area (Å²) in [6.45, 7) is 4.60. The van der Waals surface area contributed by atoms with Crippen LogP contribution in [0.15, 0.2) is 4.79 Å². The van der Waals surface area contributed by atoms with E-state index in [1.807, 2.05) is 0 Å². The lowest BCUT2D eigenvalue weighted by Gasteiger charge is -2.33. The summed E-state index contributed by atoms with van der Waals surface area (Å²) >= 11 is 0. The standard InChI is InChI=1S/C13H20N4O4S/c1-9-11(14-10(2)15-13(9)19)8-12(18)16-4-6-17(7-5-16)22(3,20)21/h4-8H2,1-3H3,(H,14,15,19). The van der Waals surface area contributed by atoms with Crippen LogP contribution >= 0.6 is 0 Å². The smallest absolute Gasteiger partial charge is 0.254 e. The van der Waals surface area contributed by atoms with Crippen LogP contribution in [-0.4, -0.2) is 65.9 Å². The fraction of sp³-hybridized carbons (Fsp3) is 0.615. The predicted molar refractivity (Wildman–Crippen MR) is 81.0 cm³/mol. The highest BCUT2D eigenvalue weighted by Gasteiger charge is 2.26. The molecule has 0 atom stereocenters. The molecule has 0 spiro atoms. The lowest BCUT2D eigenvalue weighted by molar-refractivity contribution is -0.131. The molecule has 122 valence electrons. The van der Waals surface area contributed by atoms with Crippen LogP contribution in [-0.2, 0) is 21.2 Å². The average Bonchev–Trinajstić information content (AvgIpc) is 2.43. The second kappa shape index (κ2) is 6.17. The summed E-state index contributed by atoms with van der Waals surface area (Å²) in [6.07, 6.45) is 1.21. The van der Waals surface area contributed by atoms with E-state index in [0.29, 0.717) is 43.3 Å². The number of aromatic nitrogens is 2. The van der Waals surface area contributed by atoms with Crippen molar-refractivity contribution >= 4 is 15.9 Å². The van der Waals surface area contributed by atoms with Gasteiger partial charge < -0.3 is 9.88 Å². The van der Waals surface area contributed by atoms with E-state index in [1.54, 1.807) is 18.7 Å². The van der Waals surface area contributed by atoms with Crippen molar-refractivity contribution in [1.82, 2.24) is 19.2 Å². The molecular weight excluding hydrogens is 308 g/mol. The molecule has 2 heterocycles. The summed E-state index contributed by atoms with van der Waals surface area (Å²) in [5.41, 5.74) is 0.669. The fourth-order valence-electron chi connectivity index (χ4n) is 2.40. The molecule has 1 aliphatic rings. The van der Waals surface area contributed by atoms with Gasteiger partial charge in [0.1, 0.15) is 5.82 Å². The summed E-state index contributed by atoms with van der Waals surface area (Å²) in [5.74, 6) is 0.328. The molecule has 2 rings (SSSR count). The van der Waals surface area contributed by atoms with Gasteiger partial charge in [-0.25, -0.2) is 13.4 Å². The number of sulfonamides is 1. The average molecular weight is 328 g/mol. The fourth-order valence-corrected chi connectivity index (χ4v) is 3.23. The van der Waals surface area contributed by atoms with Crippen LogP contribution in [0, 0.1) is 13.8 Å². The molecule has 9 heteroatoms. The van der Waals surface area contributed by atoms with Gasteiger partial charge in [0, 0.05) is 31.7 Å². The molecule has 0 unspecified atom stereocenters. The predicted octanol–water partition coefficient (Wildman–Crippen LogP) is -0.967. The Bertz CT molecular complexity index is 733. The molecule has 22 heavy (non-hydrogen) atoms. The third-order valence-electron chi connectivity index (χ3n) is 3.75. The number of rotatable bonds is 3. The molecule has 1 N–H and O–H groups in total. The molecule has 1 aromatic rings. The second-order valence-corrected chi connectivity index (χ2v) is 7.43. The molecule has 0 bridgehead atoms. The van der Waals surface area contributed by atoms with Crippen molar-refractivity contribution < 1.29 is 13.2 Å². The van der Waals surface area contributed by atoms with E-state index in [2.05, 4.69) is 9.97 Å². The zero-order valence-electron chi connectivity index (χ0n) is 12.9. The topological polar surface area (TPSA) is 103 Å². The summed E-state index contributed by atoms with van der Waals surface area (Å²) in [4.78, 5) is 32.4. The molecule has 0 radical (unpaired) electrons. The third-order valence-corrected chi connectivity index (χ3v) is 5.05. The van der Waals surface area contributed by atoms with Gasteiger partial charge in [-0.05, 0) is 13.8 Å². The van der Waals surface area contributed by atoms with Gasteiger partial charge in [0.2, 0.25) is 15.9 Å². The van der Waals surface area contributed by atoms with Crippen LogP contribution in [0.2, 0.25) is 0 Å². The highest BCUT2D eigenvalue weighted by molar-refractivity contribution is 7.88. The number of nitrogens with one attached hydrogen (secondary N) is 1. The first-order chi connectivity index (χ1) is 10.2. The molecule has 1 aliphatic heterocycles. The largest absolute Gasteiger partial charge is 0.340 e. The van der Waals surface area contributed by atoms with E-state index in [-0.39, 0.29) is 17.9 Å². The van der Waals surface area contributed by atoms with Crippen LogP contribution in [0.1, 0.15) is 17.1 Å². The molecule has 1 saturated heterocycles. The first kappa shape index (κ1) is 16.6. The Morgan fingerprint density at radius 1 is 1.23 bits per heavy atom. The molecule has 0 aliphatic carbocycles. The van der Waals surface area contributed by atoms with Gasteiger partial charge in [-0.1, -0.05) is 0 Å². The molecule has 0 aromatic carbocycles. The number of hydrogen-bond acceptors (Lipinski definition) is 5. The highest BCUT2D eigenvalue weighted by atomic mass is 32.2. The van der Waals surface area contributed by atoms with Gasteiger partial charge in [-0.3, -0.25) is 9.59 Å². The van der Waals surface area contributed by atoms with Crippen LogP contribution in [0.3, 0.4) is 0 Å². The lowest BCUT2D eigenvalue weighted by atomic mass is 10.1. The zero-order valence-corrected chi connectivity index (χ0v) is 13.7. The number of piperazine rings is 1. The first-order valence-electron chi connectivity index (χ1n) is 6.98. The minimum absolute atomic E-state index is 0.0511. The van der Waals surface area contributed by atoms with Crippen molar-refractivity contribution in [3.63, 3.8) is 0 Å². The van der Waals surface area contributed by atoms with E-state index >= 15 is 0 Å². The van der Waals surface area contributed by atoms with Crippen LogP contribution < -0.4 is 5.56 Å². The highest BCUT2D eigenvalue weighted by Crippen LogP contribution is 2.09. The van der Waals surface area contributed by atoms with E-state index in [9.17, 15) is 18.0 Å². The SMILES string of the molecule is Cc1nc(CC(=O)N2CCN(S(C)(=O)=O)CC2)c(C)c(=O)[nH]1. The minimum Gasteiger partial charge on any atom is -0.340 e. The zero-order chi connectivity index (χ0) is 16.5. The molecule has 8 nitrogen and oxygen atoms in total. The number of aryl methyl sites for hydroxylation is 1. The Morgan fingerprint density at radius 3 is 2.36 bits per heavy atom. The number of amides is 1. The normalized spacial score (nSPS) is 16.8. The maximum Gasteiger partial charge on any atom is 0.254 e. The minimum atomic E-state index is -3.21. The second-order valence-electron chi connectivity index (χ2n) is 5.44. The maximum absolute atomic E-state index is 12.3. The molecule has 1 aromatic heterocycles. The summed E-state index contributed by atoms with van der Waals surface area (Å²) < 4.78 is 24.3. The number of carbonyl (C=O) groups is 1. The third kappa shape index (κ3) is 3.72. The number of aromatic amines is 1. The number of H-pyrrole nitrogens is 1. The van der Waals surface area contributed by atoms with E-state index in [1.165, 1.54) is 4.31 Å². The maximum atomic E-state index is 12.3. The summed E-state index contributed by atoms with van der Waals surface area (Å²) in [5, 5.41) is 0. The van der Waals surface area contributed by atoms with Gasteiger partial charge in [-0.2, -0.15) is 4.31 Å². The van der Waals surface area contributed by atoms with Crippen molar-refractivity contribution in [3.8, 4) is 0 Å². The van der Waals surface area contributed by atoms with Gasteiger partial charge in [-0.15, -0.1) is 0 Å². The number of hydrogen-bond donors (Lipinski definition) is 1. The molecule has 0 saturated carbocycles. The quantitative estimate of drug-likeness (QED) is 0.769. The van der Waals surface area contributed by atoms with Crippen LogP contribution in [0.25, 0.3) is 0 Å². The van der Waals surface area contributed by atoms with Gasteiger partial charge in [0.25, 0.3) is 5.56 Å². The Labute approximate surface area is 129 Å². The van der Waals surface area contributed by atoms with Crippen molar-refractivity contribution in [2.24, 2.45) is 0 Å².